The number of rotatable bonds is 13. The number of fused-ring (bicyclic) bond motifs is 4. The van der Waals surface area contributed by atoms with E-state index in [0.717, 1.165) is 0 Å². The molecule has 0 bridgehead atoms. The summed E-state index contributed by atoms with van der Waals surface area (Å²) in [6.45, 7) is 7.67. The second-order valence-corrected chi connectivity index (χ2v) is 19.3. The molecule has 4 aromatic heterocycles. The second kappa shape index (κ2) is 20.9. The number of imidazole rings is 2. The number of nitrogens with one attached hydrogen (secondary N) is 4. The highest BCUT2D eigenvalue weighted by Gasteiger charge is 2.57. The maximum absolute atomic E-state index is 12.9. The highest BCUT2D eigenvalue weighted by molar-refractivity contribution is 6.03. The number of anilines is 4. The first-order chi connectivity index (χ1) is 36.0. The number of carboxylic acid groups (broad SMARTS) is 2. The molecule has 6 N–H and O–H groups in total. The molecule has 0 radical (unpaired) electrons. The number of hydrogen-bond acceptors (Lipinski definition) is 17. The molecular weight excluding hydrogens is 979 g/mol. The third kappa shape index (κ3) is 10.9. The quantitative estimate of drug-likeness (QED) is 0.0832. The lowest BCUT2D eigenvalue weighted by atomic mass is 10.1. The normalized spacial score (nSPS) is 26.0. The van der Waals surface area contributed by atoms with Gasteiger partial charge in [-0.05, 0) is 77.6 Å². The van der Waals surface area contributed by atoms with Crippen LogP contribution in [0.5, 0.6) is 0 Å². The Kier molecular flexibility index (Phi) is 14.1. The molecule has 5 aliphatic heterocycles. The Labute approximate surface area is 427 Å². The lowest BCUT2D eigenvalue weighted by molar-refractivity contribution is -0.197. The van der Waals surface area contributed by atoms with Crippen molar-refractivity contribution in [2.45, 2.75) is 133 Å². The number of carboxylic acids is 2. The number of carbonyl (C=O) groups is 5. The van der Waals surface area contributed by atoms with Crippen LogP contribution < -0.4 is 21.3 Å². The third-order valence-electron chi connectivity index (χ3n) is 13.2. The molecule has 75 heavy (non-hydrogen) atoms. The average Bonchev–Trinajstić information content (AvgIpc) is 4.25. The number of para-hydroxylation sites is 2. The number of aliphatic carboxylic acids is 2. The second-order valence-electron chi connectivity index (χ2n) is 19.3. The van der Waals surface area contributed by atoms with Crippen LogP contribution in [0.2, 0.25) is 0 Å². The number of benzene rings is 2. The van der Waals surface area contributed by atoms with Gasteiger partial charge >= 0.3 is 24.0 Å². The van der Waals surface area contributed by atoms with Gasteiger partial charge in [-0.2, -0.15) is 0 Å². The van der Waals surface area contributed by atoms with E-state index in [4.69, 9.17) is 33.5 Å². The molecule has 394 valence electrons. The molecular formula is C49H55N13O13. The minimum absolute atomic E-state index is 0.0537. The average molecular weight is 1030 g/mol. The Balaban J connectivity index is 0.000000174. The van der Waals surface area contributed by atoms with Gasteiger partial charge in [-0.25, -0.2) is 44.3 Å². The Morgan fingerprint density at radius 1 is 0.600 bits per heavy atom. The zero-order chi connectivity index (χ0) is 52.6. The number of carbonyl (C=O) groups excluding carboxylic acids is 3. The van der Waals surface area contributed by atoms with E-state index in [-0.39, 0.29) is 36.8 Å². The van der Waals surface area contributed by atoms with E-state index in [2.05, 4.69) is 51.2 Å². The highest BCUT2D eigenvalue weighted by Crippen LogP contribution is 2.47. The summed E-state index contributed by atoms with van der Waals surface area (Å²) in [7, 11) is 0. The minimum Gasteiger partial charge on any atom is -0.481 e. The van der Waals surface area contributed by atoms with Crippen LogP contribution in [0.15, 0.2) is 86.0 Å². The summed E-state index contributed by atoms with van der Waals surface area (Å²) in [6, 6.07) is 16.3. The monoisotopic (exact) mass is 1030 g/mol. The van der Waals surface area contributed by atoms with Crippen LogP contribution in [-0.2, 0) is 42.8 Å². The topological polar surface area (TPSA) is 320 Å². The molecule has 2 aromatic carbocycles. The fourth-order valence-electron chi connectivity index (χ4n) is 10.1. The van der Waals surface area contributed by atoms with E-state index >= 15 is 0 Å². The van der Waals surface area contributed by atoms with Crippen LogP contribution in [0, 0.1) is 0 Å². The van der Waals surface area contributed by atoms with Crippen molar-refractivity contribution in [1.29, 1.82) is 0 Å². The molecule has 0 aliphatic carbocycles. The summed E-state index contributed by atoms with van der Waals surface area (Å²) >= 11 is 0. The highest BCUT2D eigenvalue weighted by atomic mass is 16.8. The van der Waals surface area contributed by atoms with Gasteiger partial charge in [0.05, 0.1) is 24.9 Å². The fourth-order valence-corrected chi connectivity index (χ4v) is 10.1. The maximum atomic E-state index is 12.9. The molecule has 5 aliphatic rings. The van der Waals surface area contributed by atoms with Crippen LogP contribution in [0.4, 0.5) is 32.6 Å². The van der Waals surface area contributed by atoms with Crippen LogP contribution in [0.3, 0.4) is 0 Å². The van der Waals surface area contributed by atoms with E-state index < -0.39 is 90.7 Å². The van der Waals surface area contributed by atoms with Gasteiger partial charge in [0, 0.05) is 30.8 Å². The number of likely N-dealkylation sites (tertiary alicyclic amines) is 1. The lowest BCUT2D eigenvalue weighted by Gasteiger charge is -2.25. The minimum atomic E-state index is -0.984. The number of ether oxygens (including phenoxy) is 6. The molecule has 5 amide bonds. The van der Waals surface area contributed by atoms with Crippen LogP contribution in [-0.4, -0.2) is 145 Å². The predicted molar refractivity (Wildman–Crippen MR) is 263 cm³/mol. The molecule has 9 atom stereocenters. The molecule has 9 heterocycles. The van der Waals surface area contributed by atoms with Gasteiger partial charge in [0.25, 0.3) is 0 Å². The van der Waals surface area contributed by atoms with Crippen molar-refractivity contribution in [1.82, 2.24) is 43.9 Å². The fraction of sp³-hybridized carbons (Fsp3) is 0.449. The molecule has 6 aromatic rings. The molecule has 26 nitrogen and oxygen atoms in total. The lowest BCUT2D eigenvalue weighted by Crippen LogP contribution is -2.41. The molecule has 9 unspecified atom stereocenters. The molecule has 0 spiro atoms. The van der Waals surface area contributed by atoms with E-state index in [1.807, 2.05) is 50.2 Å². The van der Waals surface area contributed by atoms with Crippen molar-refractivity contribution in [3.8, 4) is 0 Å². The standard InChI is InChI=1S/C27H31N7O7.C22H24N6O6/c1-27(2)40-20-17(10-11-18(35)33-12-6-9-16(33)25(36)37)39-24(21(20)41-27)34-14-30-19-22(28-13-29-23(19)34)32-26(38)31-15-7-4-3-5-8-15;1-22(2)33-16-13(8-9-14(29)30)32-20(17(16)34-22)28-11-25-15-18(23-10-24-19(15)28)27-21(31)26-12-6-4-3-5-7-12/h3-5,7-8,13-14,16-17,20-21,24H,6,9-12H2,1-2H3,(H,36,37)(H2,28,29,31,32,38);3-7,10-11,13,16-17,20H,8-9H2,1-2H3,(H,29,30)(H2,23,24,26,27,31). The van der Waals surface area contributed by atoms with Crippen molar-refractivity contribution in [2.24, 2.45) is 0 Å². The first-order valence-corrected chi connectivity index (χ1v) is 24.4. The predicted octanol–water partition coefficient (Wildman–Crippen LogP) is 5.50. The Bertz CT molecular complexity index is 3090. The summed E-state index contributed by atoms with van der Waals surface area (Å²) in [6.07, 6.45) is 3.33. The number of aromatic nitrogens is 8. The number of nitrogens with zero attached hydrogens (tertiary/aromatic N) is 9. The van der Waals surface area contributed by atoms with Crippen molar-refractivity contribution in [3.05, 3.63) is 86.0 Å². The van der Waals surface area contributed by atoms with E-state index in [1.165, 1.54) is 23.9 Å². The molecule has 0 saturated carbocycles. The summed E-state index contributed by atoms with van der Waals surface area (Å²) < 4.78 is 40.5. The van der Waals surface area contributed by atoms with Gasteiger partial charge < -0.3 is 54.2 Å². The largest absolute Gasteiger partial charge is 0.481 e. The maximum Gasteiger partial charge on any atom is 0.326 e. The molecule has 26 heteroatoms. The third-order valence-corrected chi connectivity index (χ3v) is 13.2. The Morgan fingerprint density at radius 3 is 1.51 bits per heavy atom. The smallest absolute Gasteiger partial charge is 0.326 e. The van der Waals surface area contributed by atoms with Crippen molar-refractivity contribution in [2.75, 3.05) is 27.8 Å². The SMILES string of the molecule is CC1(C)OC2C(CCC(=O)N3CCCC3C(=O)O)OC(n3cnc4c(NC(=O)Nc5ccccc5)ncnc43)C2O1.CC1(C)OC2C(CCC(=O)O)OC(n3cnc4c(NC(=O)Nc5ccccc5)ncnc43)C2O1. The number of hydrogen-bond donors (Lipinski definition) is 6. The van der Waals surface area contributed by atoms with Crippen molar-refractivity contribution >= 4 is 75.2 Å². The number of amides is 5. The molecule has 11 rings (SSSR count). The molecule has 5 saturated heterocycles. The van der Waals surface area contributed by atoms with Crippen LogP contribution >= 0.6 is 0 Å². The van der Waals surface area contributed by atoms with Gasteiger partial charge in [-0.3, -0.25) is 29.4 Å². The number of urea groups is 2. The molecule has 5 fully saturated rings. The van der Waals surface area contributed by atoms with E-state index in [0.29, 0.717) is 59.5 Å². The van der Waals surface area contributed by atoms with E-state index in [1.54, 1.807) is 53.6 Å². The summed E-state index contributed by atoms with van der Waals surface area (Å²) in [5.41, 5.74) is 2.85. The van der Waals surface area contributed by atoms with Gasteiger partial charge in [0.1, 0.15) is 43.1 Å². The van der Waals surface area contributed by atoms with E-state index in [9.17, 15) is 29.1 Å². The van der Waals surface area contributed by atoms with Gasteiger partial charge in [-0.1, -0.05) is 36.4 Å². The first-order valence-electron chi connectivity index (χ1n) is 24.4. The summed E-state index contributed by atoms with van der Waals surface area (Å²) in [5.74, 6) is -3.38. The van der Waals surface area contributed by atoms with Crippen molar-refractivity contribution in [3.63, 3.8) is 0 Å². The van der Waals surface area contributed by atoms with Crippen LogP contribution in [0.1, 0.15) is 78.7 Å². The summed E-state index contributed by atoms with van der Waals surface area (Å²) in [4.78, 5) is 88.0. The van der Waals surface area contributed by atoms with Gasteiger partial charge in [0.2, 0.25) is 5.91 Å². The first kappa shape index (κ1) is 50.8. The zero-order valence-electron chi connectivity index (χ0n) is 41.1. The van der Waals surface area contributed by atoms with Gasteiger partial charge in [-0.15, -0.1) is 0 Å². The van der Waals surface area contributed by atoms with Gasteiger partial charge in [0.15, 0.2) is 58.0 Å². The van der Waals surface area contributed by atoms with Crippen molar-refractivity contribution < 1.29 is 62.6 Å². The summed E-state index contributed by atoms with van der Waals surface area (Å²) in [5, 5.41) is 29.5. The zero-order valence-corrected chi connectivity index (χ0v) is 41.1. The van der Waals surface area contributed by atoms with Crippen LogP contribution in [0.25, 0.3) is 22.3 Å². The Hall–Kier alpha value is -7.75. The Morgan fingerprint density at radius 2 is 1.05 bits per heavy atom.